The van der Waals surface area contributed by atoms with E-state index in [1.165, 1.54) is 0 Å². The number of carbonyl (C=O) groups is 2. The molecule has 0 aliphatic carbocycles. The van der Waals surface area contributed by atoms with Crippen molar-refractivity contribution in [2.75, 3.05) is 20.3 Å². The molecule has 0 saturated carbocycles. The maximum atomic E-state index is 13.4. The molecule has 3 aromatic rings. The van der Waals surface area contributed by atoms with Crippen molar-refractivity contribution >= 4 is 22.6 Å². The SMILES string of the molecule is COCCNC(=O)C1c2cccc3cccc(c23)C(=O)N1Cc1ccccc1. The number of hydrogen-bond acceptors (Lipinski definition) is 3. The number of carbonyl (C=O) groups excluding carboxylic acids is 2. The van der Waals surface area contributed by atoms with Crippen LogP contribution in [0.2, 0.25) is 0 Å². The highest BCUT2D eigenvalue weighted by molar-refractivity contribution is 6.13. The number of benzene rings is 3. The van der Waals surface area contributed by atoms with Gasteiger partial charge >= 0.3 is 0 Å². The van der Waals surface area contributed by atoms with E-state index >= 15 is 0 Å². The Balaban J connectivity index is 1.80. The molecule has 0 spiro atoms. The number of amides is 2. The van der Waals surface area contributed by atoms with E-state index in [1.807, 2.05) is 66.7 Å². The minimum atomic E-state index is -0.678. The Hall–Kier alpha value is -3.18. The fourth-order valence-corrected chi connectivity index (χ4v) is 3.81. The fraction of sp³-hybridized carbons (Fsp3) is 0.217. The highest BCUT2D eigenvalue weighted by Crippen LogP contribution is 2.37. The molecule has 0 fully saturated rings. The van der Waals surface area contributed by atoms with E-state index in [0.717, 1.165) is 21.9 Å². The van der Waals surface area contributed by atoms with E-state index < -0.39 is 6.04 Å². The van der Waals surface area contributed by atoms with Crippen LogP contribution in [-0.4, -0.2) is 37.0 Å². The third-order valence-electron chi connectivity index (χ3n) is 5.08. The molecule has 142 valence electrons. The Kier molecular flexibility index (Phi) is 5.08. The minimum Gasteiger partial charge on any atom is -0.383 e. The van der Waals surface area contributed by atoms with Gasteiger partial charge in [-0.2, -0.15) is 0 Å². The van der Waals surface area contributed by atoms with Crippen LogP contribution in [0.3, 0.4) is 0 Å². The van der Waals surface area contributed by atoms with Crippen molar-refractivity contribution in [2.45, 2.75) is 12.6 Å². The summed E-state index contributed by atoms with van der Waals surface area (Å²) in [6.07, 6.45) is 0. The minimum absolute atomic E-state index is 0.125. The average molecular weight is 374 g/mol. The van der Waals surface area contributed by atoms with Crippen LogP contribution in [0.25, 0.3) is 10.8 Å². The summed E-state index contributed by atoms with van der Waals surface area (Å²) >= 11 is 0. The molecule has 1 unspecified atom stereocenters. The monoisotopic (exact) mass is 374 g/mol. The molecular formula is C23H22N2O3. The van der Waals surface area contributed by atoms with Crippen LogP contribution in [0.1, 0.15) is 27.5 Å². The predicted molar refractivity (Wildman–Crippen MR) is 108 cm³/mol. The molecule has 28 heavy (non-hydrogen) atoms. The zero-order valence-electron chi connectivity index (χ0n) is 15.7. The third kappa shape index (κ3) is 3.25. The first-order valence-electron chi connectivity index (χ1n) is 9.34. The van der Waals surface area contributed by atoms with Crippen LogP contribution >= 0.6 is 0 Å². The maximum absolute atomic E-state index is 13.4. The lowest BCUT2D eigenvalue weighted by atomic mass is 9.88. The Labute approximate surface area is 163 Å². The topological polar surface area (TPSA) is 58.6 Å². The fourth-order valence-electron chi connectivity index (χ4n) is 3.81. The molecule has 1 heterocycles. The Bertz CT molecular complexity index is 1010. The van der Waals surface area contributed by atoms with Gasteiger partial charge in [-0.05, 0) is 22.6 Å². The average Bonchev–Trinajstić information content (AvgIpc) is 2.73. The van der Waals surface area contributed by atoms with Crippen molar-refractivity contribution in [2.24, 2.45) is 0 Å². The quantitative estimate of drug-likeness (QED) is 0.674. The first-order valence-corrected chi connectivity index (χ1v) is 9.34. The van der Waals surface area contributed by atoms with E-state index in [0.29, 0.717) is 25.3 Å². The molecule has 5 nitrogen and oxygen atoms in total. The lowest BCUT2D eigenvalue weighted by Crippen LogP contribution is -2.46. The Morgan fingerprint density at radius 1 is 1.04 bits per heavy atom. The van der Waals surface area contributed by atoms with Crippen LogP contribution in [0, 0.1) is 0 Å². The number of hydrogen-bond donors (Lipinski definition) is 1. The van der Waals surface area contributed by atoms with Crippen molar-refractivity contribution < 1.29 is 14.3 Å². The highest BCUT2D eigenvalue weighted by Gasteiger charge is 2.38. The van der Waals surface area contributed by atoms with Gasteiger partial charge < -0.3 is 15.0 Å². The summed E-state index contributed by atoms with van der Waals surface area (Å²) in [5.41, 5.74) is 2.49. The van der Waals surface area contributed by atoms with E-state index in [2.05, 4.69) is 5.32 Å². The number of nitrogens with zero attached hydrogens (tertiary/aromatic N) is 1. The van der Waals surface area contributed by atoms with E-state index in [9.17, 15) is 9.59 Å². The van der Waals surface area contributed by atoms with Crippen molar-refractivity contribution in [1.82, 2.24) is 10.2 Å². The molecule has 1 aliphatic heterocycles. The summed E-state index contributed by atoms with van der Waals surface area (Å²) < 4.78 is 5.04. The first-order chi connectivity index (χ1) is 13.7. The standard InChI is InChI=1S/C23H22N2O3/c1-28-14-13-24-22(26)21-18-11-5-9-17-10-6-12-19(20(17)18)23(27)25(21)15-16-7-3-2-4-8-16/h2-12,21H,13-15H2,1H3,(H,24,26). The predicted octanol–water partition coefficient (Wildman–Crippen LogP) is 3.30. The van der Waals surface area contributed by atoms with Gasteiger partial charge in [0, 0.05) is 31.1 Å². The number of methoxy groups -OCH3 is 1. The smallest absolute Gasteiger partial charge is 0.255 e. The highest BCUT2D eigenvalue weighted by atomic mass is 16.5. The molecule has 0 aromatic heterocycles. The Morgan fingerprint density at radius 3 is 2.54 bits per heavy atom. The molecule has 0 bridgehead atoms. The van der Waals surface area contributed by atoms with Gasteiger partial charge in [-0.25, -0.2) is 0 Å². The van der Waals surface area contributed by atoms with Crippen molar-refractivity contribution in [1.29, 1.82) is 0 Å². The van der Waals surface area contributed by atoms with Crippen LogP contribution in [0.5, 0.6) is 0 Å². The normalized spacial score (nSPS) is 15.7. The summed E-state index contributed by atoms with van der Waals surface area (Å²) in [7, 11) is 1.59. The molecule has 4 rings (SSSR count). The van der Waals surface area contributed by atoms with Gasteiger partial charge in [0.25, 0.3) is 5.91 Å². The first kappa shape index (κ1) is 18.2. The lowest BCUT2D eigenvalue weighted by Gasteiger charge is -2.36. The summed E-state index contributed by atoms with van der Waals surface area (Å²) in [4.78, 5) is 28.1. The summed E-state index contributed by atoms with van der Waals surface area (Å²) in [6.45, 7) is 1.19. The van der Waals surface area contributed by atoms with Crippen LogP contribution in [-0.2, 0) is 16.1 Å². The molecular weight excluding hydrogens is 352 g/mol. The van der Waals surface area contributed by atoms with Crippen molar-refractivity contribution in [3.63, 3.8) is 0 Å². The summed E-state index contributed by atoms with van der Waals surface area (Å²) in [6, 6.07) is 20.6. The number of rotatable bonds is 6. The van der Waals surface area contributed by atoms with Gasteiger partial charge in [0.05, 0.1) is 6.61 Å². The third-order valence-corrected chi connectivity index (χ3v) is 5.08. The second-order valence-electron chi connectivity index (χ2n) is 6.86. The van der Waals surface area contributed by atoms with Gasteiger partial charge in [-0.1, -0.05) is 60.7 Å². The zero-order chi connectivity index (χ0) is 19.5. The molecule has 0 saturated heterocycles. The van der Waals surface area contributed by atoms with Crippen molar-refractivity contribution in [3.05, 3.63) is 83.4 Å². The molecule has 3 aromatic carbocycles. The molecule has 5 heteroatoms. The molecule has 1 N–H and O–H groups in total. The summed E-state index contributed by atoms with van der Waals surface area (Å²) in [5.74, 6) is -0.316. The largest absolute Gasteiger partial charge is 0.383 e. The van der Waals surface area contributed by atoms with Gasteiger partial charge in [0.1, 0.15) is 6.04 Å². The van der Waals surface area contributed by atoms with Crippen LogP contribution in [0.15, 0.2) is 66.7 Å². The summed E-state index contributed by atoms with van der Waals surface area (Å²) in [5, 5.41) is 4.74. The van der Waals surface area contributed by atoms with Gasteiger partial charge in [-0.3, -0.25) is 9.59 Å². The molecule has 1 atom stereocenters. The second-order valence-corrected chi connectivity index (χ2v) is 6.86. The van der Waals surface area contributed by atoms with Gasteiger partial charge in [0.15, 0.2) is 0 Å². The van der Waals surface area contributed by atoms with Crippen LogP contribution < -0.4 is 5.32 Å². The number of ether oxygens (including phenoxy) is 1. The van der Waals surface area contributed by atoms with Gasteiger partial charge in [-0.15, -0.1) is 0 Å². The number of nitrogens with one attached hydrogen (secondary N) is 1. The molecule has 1 aliphatic rings. The second kappa shape index (κ2) is 7.82. The van der Waals surface area contributed by atoms with Crippen molar-refractivity contribution in [3.8, 4) is 0 Å². The van der Waals surface area contributed by atoms with Gasteiger partial charge in [0.2, 0.25) is 5.91 Å². The van der Waals surface area contributed by atoms with E-state index in [-0.39, 0.29) is 11.8 Å². The van der Waals surface area contributed by atoms with Crippen LogP contribution in [0.4, 0.5) is 0 Å². The molecule has 2 amide bonds. The molecule has 0 radical (unpaired) electrons. The maximum Gasteiger partial charge on any atom is 0.255 e. The Morgan fingerprint density at radius 2 is 1.79 bits per heavy atom. The lowest BCUT2D eigenvalue weighted by molar-refractivity contribution is -0.126. The van der Waals surface area contributed by atoms with E-state index in [4.69, 9.17) is 4.74 Å². The van der Waals surface area contributed by atoms with E-state index in [1.54, 1.807) is 12.0 Å². The zero-order valence-corrected chi connectivity index (χ0v) is 15.7.